The summed E-state index contributed by atoms with van der Waals surface area (Å²) in [6.07, 6.45) is 0.919. The molecule has 0 fully saturated rings. The van der Waals surface area contributed by atoms with Crippen molar-refractivity contribution in [3.8, 4) is 0 Å². The van der Waals surface area contributed by atoms with Crippen LogP contribution in [0.1, 0.15) is 24.3 Å². The second-order valence-corrected chi connectivity index (χ2v) is 8.53. The molecule has 3 rings (SSSR count). The molecule has 2 atom stereocenters. The summed E-state index contributed by atoms with van der Waals surface area (Å²) >= 11 is 14.1. The molecule has 0 saturated carbocycles. The monoisotopic (exact) mass is 396 g/mol. The van der Waals surface area contributed by atoms with E-state index in [1.54, 1.807) is 24.3 Å². The van der Waals surface area contributed by atoms with Gasteiger partial charge in [0, 0.05) is 28.7 Å². The van der Waals surface area contributed by atoms with E-state index in [9.17, 15) is 4.79 Å². The molecule has 1 aromatic heterocycles. The average molecular weight is 397 g/mol. The van der Waals surface area contributed by atoms with Crippen LogP contribution in [0.2, 0.25) is 10.0 Å². The van der Waals surface area contributed by atoms with Crippen molar-refractivity contribution in [2.75, 3.05) is 25.5 Å². The molecule has 2 heterocycles. The first kappa shape index (κ1) is 18.7. The van der Waals surface area contributed by atoms with Crippen molar-refractivity contribution in [1.82, 2.24) is 4.90 Å². The van der Waals surface area contributed by atoms with Crippen LogP contribution in [0.5, 0.6) is 0 Å². The molecule has 0 bridgehead atoms. The molecule has 1 aliphatic heterocycles. The van der Waals surface area contributed by atoms with Crippen molar-refractivity contribution in [3.05, 3.63) is 50.1 Å². The number of ketones is 1. The molecule has 25 heavy (non-hydrogen) atoms. The molecule has 6 heteroatoms. The number of thiophene rings is 1. The standard InChI is InChI=1S/C19H22Cl2N2OS/c1-12(22(3)4)19(13(2)24)15-8-10-25-18(15)7-9-23(19)14-5-6-16(20)17(21)11-14/h5-6,8,10-12H,7,9H2,1-4H3. The predicted molar refractivity (Wildman–Crippen MR) is 107 cm³/mol. The fourth-order valence-corrected chi connectivity index (χ4v) is 5.11. The smallest absolute Gasteiger partial charge is 0.161 e. The molecule has 0 amide bonds. The molecule has 0 N–H and O–H groups in total. The molecule has 0 spiro atoms. The van der Waals surface area contributed by atoms with Crippen molar-refractivity contribution in [1.29, 1.82) is 0 Å². The van der Waals surface area contributed by atoms with Gasteiger partial charge in [-0.25, -0.2) is 0 Å². The van der Waals surface area contributed by atoms with Crippen LogP contribution >= 0.6 is 34.5 Å². The molecule has 0 radical (unpaired) electrons. The van der Waals surface area contributed by atoms with Crippen LogP contribution in [-0.2, 0) is 16.8 Å². The zero-order valence-electron chi connectivity index (χ0n) is 14.8. The first-order valence-corrected chi connectivity index (χ1v) is 9.90. The minimum Gasteiger partial charge on any atom is -0.353 e. The summed E-state index contributed by atoms with van der Waals surface area (Å²) in [4.78, 5) is 18.7. The van der Waals surface area contributed by atoms with Crippen LogP contribution < -0.4 is 4.90 Å². The molecule has 3 nitrogen and oxygen atoms in total. The number of Topliss-reactive ketones (excluding diaryl/α,β-unsaturated/α-hetero) is 1. The van der Waals surface area contributed by atoms with E-state index < -0.39 is 5.54 Å². The van der Waals surface area contributed by atoms with Gasteiger partial charge in [-0.05, 0) is 64.0 Å². The lowest BCUT2D eigenvalue weighted by molar-refractivity contribution is -0.124. The number of rotatable bonds is 4. The number of likely N-dealkylation sites (N-methyl/N-ethyl adjacent to an activating group) is 1. The highest BCUT2D eigenvalue weighted by Gasteiger charge is 2.52. The van der Waals surface area contributed by atoms with Gasteiger partial charge in [0.15, 0.2) is 5.78 Å². The van der Waals surface area contributed by atoms with E-state index in [0.29, 0.717) is 10.0 Å². The first-order chi connectivity index (χ1) is 11.8. The van der Waals surface area contributed by atoms with Crippen LogP contribution in [0.3, 0.4) is 0 Å². The van der Waals surface area contributed by atoms with Crippen LogP contribution in [0.15, 0.2) is 29.6 Å². The number of nitrogens with zero attached hydrogens (tertiary/aromatic N) is 2. The number of halogens is 2. The fourth-order valence-electron chi connectivity index (χ4n) is 3.89. The molecular weight excluding hydrogens is 375 g/mol. The summed E-state index contributed by atoms with van der Waals surface area (Å²) in [5, 5.41) is 3.11. The van der Waals surface area contributed by atoms with Crippen LogP contribution in [0, 0.1) is 0 Å². The van der Waals surface area contributed by atoms with Crippen molar-refractivity contribution in [2.45, 2.75) is 31.8 Å². The van der Waals surface area contributed by atoms with Crippen LogP contribution in [0.4, 0.5) is 5.69 Å². The maximum atomic E-state index is 13.1. The van der Waals surface area contributed by atoms with Gasteiger partial charge in [-0.1, -0.05) is 23.2 Å². The molecule has 2 aromatic rings. The minimum absolute atomic E-state index is 0.00639. The molecule has 134 valence electrons. The zero-order valence-corrected chi connectivity index (χ0v) is 17.2. The van der Waals surface area contributed by atoms with Gasteiger partial charge in [0.2, 0.25) is 0 Å². The number of carbonyl (C=O) groups excluding carboxylic acids is 1. The maximum absolute atomic E-state index is 13.1. The van der Waals surface area contributed by atoms with Crippen LogP contribution in [0.25, 0.3) is 0 Å². The minimum atomic E-state index is -0.742. The van der Waals surface area contributed by atoms with E-state index in [0.717, 1.165) is 24.2 Å². The van der Waals surface area contributed by atoms with E-state index in [1.807, 2.05) is 26.2 Å². The highest BCUT2D eigenvalue weighted by molar-refractivity contribution is 7.10. The summed E-state index contributed by atoms with van der Waals surface area (Å²) in [5.74, 6) is 0.138. The van der Waals surface area contributed by atoms with E-state index in [-0.39, 0.29) is 11.8 Å². The van der Waals surface area contributed by atoms with E-state index in [1.165, 1.54) is 4.88 Å². The Morgan fingerprint density at radius 3 is 2.60 bits per heavy atom. The Bertz CT molecular complexity index is 804. The molecule has 0 aliphatic carbocycles. The van der Waals surface area contributed by atoms with Gasteiger partial charge in [0.25, 0.3) is 0 Å². The lowest BCUT2D eigenvalue weighted by Gasteiger charge is -2.52. The quantitative estimate of drug-likeness (QED) is 0.737. The van der Waals surface area contributed by atoms with E-state index in [4.69, 9.17) is 23.2 Å². The normalized spacial score (nSPS) is 21.3. The highest BCUT2D eigenvalue weighted by Crippen LogP contribution is 2.45. The second kappa shape index (κ2) is 6.92. The Balaban J connectivity index is 2.26. The van der Waals surface area contributed by atoms with Crippen molar-refractivity contribution >= 4 is 46.0 Å². The Hall–Kier alpha value is -1.07. The third kappa shape index (κ3) is 2.89. The topological polar surface area (TPSA) is 23.6 Å². The Labute approximate surface area is 163 Å². The Kier molecular flexibility index (Phi) is 5.18. The second-order valence-electron chi connectivity index (χ2n) is 6.72. The van der Waals surface area contributed by atoms with E-state index in [2.05, 4.69) is 28.2 Å². The lowest BCUT2D eigenvalue weighted by Crippen LogP contribution is -2.64. The summed E-state index contributed by atoms with van der Waals surface area (Å²) in [6.45, 7) is 4.57. The van der Waals surface area contributed by atoms with Crippen molar-refractivity contribution in [3.63, 3.8) is 0 Å². The number of anilines is 1. The lowest BCUT2D eigenvalue weighted by atomic mass is 9.75. The summed E-state index contributed by atoms with van der Waals surface area (Å²) in [5.41, 5.74) is 1.30. The Morgan fingerprint density at radius 1 is 1.28 bits per heavy atom. The average Bonchev–Trinajstić information content (AvgIpc) is 3.04. The molecule has 0 saturated heterocycles. The van der Waals surface area contributed by atoms with Gasteiger partial charge in [-0.15, -0.1) is 11.3 Å². The molecule has 1 aliphatic rings. The van der Waals surface area contributed by atoms with Gasteiger partial charge in [-0.2, -0.15) is 0 Å². The Morgan fingerprint density at radius 2 is 2.00 bits per heavy atom. The number of fused-ring (bicyclic) bond motifs is 1. The fraction of sp³-hybridized carbons (Fsp3) is 0.421. The van der Waals surface area contributed by atoms with Crippen molar-refractivity contribution < 1.29 is 4.79 Å². The van der Waals surface area contributed by atoms with Gasteiger partial charge < -0.3 is 9.80 Å². The largest absolute Gasteiger partial charge is 0.353 e. The number of hydrogen-bond donors (Lipinski definition) is 0. The van der Waals surface area contributed by atoms with Gasteiger partial charge in [-0.3, -0.25) is 4.79 Å². The van der Waals surface area contributed by atoms with Gasteiger partial charge >= 0.3 is 0 Å². The molecule has 2 unspecified atom stereocenters. The predicted octanol–water partition coefficient (Wildman–Crippen LogP) is 4.85. The third-order valence-corrected chi connectivity index (χ3v) is 6.99. The summed E-state index contributed by atoms with van der Waals surface area (Å²) in [6, 6.07) is 7.71. The van der Waals surface area contributed by atoms with E-state index >= 15 is 0 Å². The van der Waals surface area contributed by atoms with Gasteiger partial charge in [0.05, 0.1) is 10.0 Å². The van der Waals surface area contributed by atoms with Crippen LogP contribution in [-0.4, -0.2) is 37.4 Å². The summed E-state index contributed by atoms with van der Waals surface area (Å²) in [7, 11) is 4.03. The number of carbonyl (C=O) groups is 1. The molecule has 1 aromatic carbocycles. The third-order valence-electron chi connectivity index (χ3n) is 5.28. The number of benzene rings is 1. The van der Waals surface area contributed by atoms with Gasteiger partial charge in [0.1, 0.15) is 5.54 Å². The first-order valence-electron chi connectivity index (χ1n) is 8.27. The SMILES string of the molecule is CC(=O)C1(C(C)N(C)C)c2ccsc2CCN1c1ccc(Cl)c(Cl)c1. The zero-order chi connectivity index (χ0) is 18.4. The summed E-state index contributed by atoms with van der Waals surface area (Å²) < 4.78 is 0. The molecular formula is C19H22Cl2N2OS. The highest BCUT2D eigenvalue weighted by atomic mass is 35.5. The maximum Gasteiger partial charge on any atom is 0.161 e. The number of hydrogen-bond acceptors (Lipinski definition) is 4. The van der Waals surface area contributed by atoms with Crippen molar-refractivity contribution in [2.24, 2.45) is 0 Å².